The Morgan fingerprint density at radius 2 is 2.04 bits per heavy atom. The molecule has 1 aromatic heterocycles. The molecule has 1 heterocycles. The topological polar surface area (TPSA) is 60.8 Å². The van der Waals surface area contributed by atoms with Crippen LogP contribution in [0.2, 0.25) is 0 Å². The number of carbonyl (C=O) groups is 1. The number of phenols is 1. The van der Waals surface area contributed by atoms with Crippen LogP contribution in [-0.4, -0.2) is 41.1 Å². The SMILES string of the molecule is CC(C)c1cc(C(=O)c2cccs2)cc(CN(C)CCO)c1O.Cl. The fourth-order valence-corrected chi connectivity index (χ4v) is 3.19. The predicted octanol–water partition coefficient (Wildman–Crippen LogP) is 3.65. The van der Waals surface area contributed by atoms with Gasteiger partial charge in [-0.25, -0.2) is 0 Å². The van der Waals surface area contributed by atoms with Crippen LogP contribution in [0, 0.1) is 0 Å². The van der Waals surface area contributed by atoms with Gasteiger partial charge in [0.2, 0.25) is 5.78 Å². The molecular weight excluding hydrogens is 346 g/mol. The summed E-state index contributed by atoms with van der Waals surface area (Å²) in [7, 11) is 1.87. The molecule has 2 rings (SSSR count). The van der Waals surface area contributed by atoms with Crippen molar-refractivity contribution in [2.75, 3.05) is 20.2 Å². The van der Waals surface area contributed by atoms with Crippen molar-refractivity contribution in [1.29, 1.82) is 0 Å². The Labute approximate surface area is 153 Å². The van der Waals surface area contributed by atoms with Gasteiger partial charge < -0.3 is 10.2 Å². The van der Waals surface area contributed by atoms with Crippen LogP contribution in [0.15, 0.2) is 29.6 Å². The van der Waals surface area contributed by atoms with Crippen molar-refractivity contribution in [2.24, 2.45) is 0 Å². The summed E-state index contributed by atoms with van der Waals surface area (Å²) in [6.07, 6.45) is 0. The molecule has 0 bridgehead atoms. The van der Waals surface area contributed by atoms with E-state index in [2.05, 4.69) is 0 Å². The molecule has 0 aliphatic heterocycles. The molecule has 2 aromatic rings. The summed E-state index contributed by atoms with van der Waals surface area (Å²) in [5.74, 6) is 0.341. The quantitative estimate of drug-likeness (QED) is 0.731. The van der Waals surface area contributed by atoms with Gasteiger partial charge >= 0.3 is 0 Å². The second kappa shape index (κ2) is 9.18. The van der Waals surface area contributed by atoms with Gasteiger partial charge in [-0.05, 0) is 42.1 Å². The van der Waals surface area contributed by atoms with Gasteiger partial charge in [0.05, 0.1) is 11.5 Å². The van der Waals surface area contributed by atoms with Gasteiger partial charge in [-0.1, -0.05) is 19.9 Å². The number of aliphatic hydroxyl groups excluding tert-OH is 1. The van der Waals surface area contributed by atoms with Crippen molar-refractivity contribution in [3.8, 4) is 5.75 Å². The molecule has 6 heteroatoms. The van der Waals surface area contributed by atoms with Gasteiger partial charge in [0.1, 0.15) is 5.75 Å². The Kier molecular flexibility index (Phi) is 7.90. The molecule has 4 nitrogen and oxygen atoms in total. The third-order valence-electron chi connectivity index (χ3n) is 3.77. The smallest absolute Gasteiger partial charge is 0.202 e. The van der Waals surface area contributed by atoms with Crippen LogP contribution in [0.3, 0.4) is 0 Å². The molecule has 0 unspecified atom stereocenters. The summed E-state index contributed by atoms with van der Waals surface area (Å²) in [4.78, 5) is 15.2. The van der Waals surface area contributed by atoms with Gasteiger partial charge in [0, 0.05) is 24.2 Å². The number of aromatic hydroxyl groups is 1. The lowest BCUT2D eigenvalue weighted by atomic mass is 9.94. The minimum absolute atomic E-state index is 0. The van der Waals surface area contributed by atoms with Crippen LogP contribution >= 0.6 is 23.7 Å². The standard InChI is InChI=1S/C18H23NO3S.ClH/c1-12(2)15-10-13(18(22)16-5-4-8-23-16)9-14(17(15)21)11-19(3)6-7-20;/h4-5,8-10,12,20-21H,6-7,11H2,1-3H3;1H. The first-order valence-electron chi connectivity index (χ1n) is 7.67. The van der Waals surface area contributed by atoms with Crippen molar-refractivity contribution < 1.29 is 15.0 Å². The zero-order valence-corrected chi connectivity index (χ0v) is 15.8. The fourth-order valence-electron chi connectivity index (χ4n) is 2.50. The van der Waals surface area contributed by atoms with E-state index in [1.165, 1.54) is 11.3 Å². The van der Waals surface area contributed by atoms with E-state index in [1.54, 1.807) is 12.1 Å². The molecule has 1 aromatic carbocycles. The molecule has 132 valence electrons. The van der Waals surface area contributed by atoms with Gasteiger partial charge in [-0.15, -0.1) is 23.7 Å². The second-order valence-corrected chi connectivity index (χ2v) is 6.94. The van der Waals surface area contributed by atoms with Gasteiger partial charge in [-0.3, -0.25) is 9.69 Å². The van der Waals surface area contributed by atoms with E-state index >= 15 is 0 Å². The van der Waals surface area contributed by atoms with Gasteiger partial charge in [0.25, 0.3) is 0 Å². The first kappa shape index (κ1) is 20.6. The highest BCUT2D eigenvalue weighted by Gasteiger charge is 2.18. The minimum atomic E-state index is -0.0204. The zero-order valence-electron chi connectivity index (χ0n) is 14.2. The van der Waals surface area contributed by atoms with Crippen molar-refractivity contribution in [3.63, 3.8) is 0 Å². The highest BCUT2D eigenvalue weighted by molar-refractivity contribution is 7.12. The fraction of sp³-hybridized carbons (Fsp3) is 0.389. The van der Waals surface area contributed by atoms with E-state index in [9.17, 15) is 9.90 Å². The Bertz CT molecular complexity index is 671. The van der Waals surface area contributed by atoms with Gasteiger partial charge in [0.15, 0.2) is 0 Å². The number of nitrogens with zero attached hydrogens (tertiary/aromatic N) is 1. The molecule has 0 amide bonds. The Morgan fingerprint density at radius 3 is 2.58 bits per heavy atom. The molecule has 0 atom stereocenters. The lowest BCUT2D eigenvalue weighted by molar-refractivity contribution is 0.104. The number of phenolic OH excluding ortho intramolecular Hbond substituents is 1. The lowest BCUT2D eigenvalue weighted by Gasteiger charge is -2.19. The number of hydrogen-bond acceptors (Lipinski definition) is 5. The number of ketones is 1. The number of thiophene rings is 1. The molecule has 0 saturated heterocycles. The van der Waals surface area contributed by atoms with Crippen LogP contribution in [0.1, 0.15) is 46.1 Å². The summed E-state index contributed by atoms with van der Waals surface area (Å²) in [6, 6.07) is 7.22. The van der Waals surface area contributed by atoms with E-state index in [1.807, 2.05) is 43.3 Å². The molecule has 0 fully saturated rings. The monoisotopic (exact) mass is 369 g/mol. The van der Waals surface area contributed by atoms with Crippen molar-refractivity contribution in [2.45, 2.75) is 26.3 Å². The van der Waals surface area contributed by atoms with Crippen LogP contribution in [0.4, 0.5) is 0 Å². The molecule has 0 aliphatic rings. The minimum Gasteiger partial charge on any atom is -0.507 e. The summed E-state index contributed by atoms with van der Waals surface area (Å²) < 4.78 is 0. The summed E-state index contributed by atoms with van der Waals surface area (Å²) in [5.41, 5.74) is 2.09. The second-order valence-electron chi connectivity index (χ2n) is 6.00. The average molecular weight is 370 g/mol. The van der Waals surface area contributed by atoms with Gasteiger partial charge in [-0.2, -0.15) is 0 Å². The third-order valence-corrected chi connectivity index (χ3v) is 4.64. The van der Waals surface area contributed by atoms with E-state index in [-0.39, 0.29) is 36.5 Å². The van der Waals surface area contributed by atoms with Crippen LogP contribution in [0.25, 0.3) is 0 Å². The van der Waals surface area contributed by atoms with E-state index in [0.29, 0.717) is 29.1 Å². The van der Waals surface area contributed by atoms with Crippen molar-refractivity contribution >= 4 is 29.5 Å². The summed E-state index contributed by atoms with van der Waals surface area (Å²) in [6.45, 7) is 5.05. The number of halogens is 1. The number of benzene rings is 1. The molecular formula is C18H24ClNO3S. The number of rotatable bonds is 7. The average Bonchev–Trinajstić information content (AvgIpc) is 3.02. The first-order valence-corrected chi connectivity index (χ1v) is 8.55. The highest BCUT2D eigenvalue weighted by Crippen LogP contribution is 2.32. The molecule has 0 spiro atoms. The number of likely N-dealkylation sites (N-methyl/N-ethyl adjacent to an activating group) is 1. The van der Waals surface area contributed by atoms with E-state index < -0.39 is 0 Å². The summed E-state index contributed by atoms with van der Waals surface area (Å²) in [5, 5.41) is 21.4. The normalized spacial score (nSPS) is 10.9. The first-order chi connectivity index (χ1) is 10.9. The van der Waals surface area contributed by atoms with Crippen LogP contribution < -0.4 is 0 Å². The Hall–Kier alpha value is -1.40. The molecule has 24 heavy (non-hydrogen) atoms. The number of aliphatic hydroxyl groups is 1. The van der Waals surface area contributed by atoms with Crippen LogP contribution in [0.5, 0.6) is 5.75 Å². The Morgan fingerprint density at radius 1 is 1.33 bits per heavy atom. The molecule has 0 radical (unpaired) electrons. The maximum Gasteiger partial charge on any atom is 0.202 e. The molecule has 2 N–H and O–H groups in total. The Balaban J connectivity index is 0.00000288. The van der Waals surface area contributed by atoms with Crippen LogP contribution in [-0.2, 0) is 6.54 Å². The zero-order chi connectivity index (χ0) is 17.0. The highest BCUT2D eigenvalue weighted by atomic mass is 35.5. The van der Waals surface area contributed by atoms with Crippen molar-refractivity contribution in [3.05, 3.63) is 51.2 Å². The molecule has 0 saturated carbocycles. The molecule has 0 aliphatic carbocycles. The summed E-state index contributed by atoms with van der Waals surface area (Å²) >= 11 is 1.42. The van der Waals surface area contributed by atoms with E-state index in [4.69, 9.17) is 5.11 Å². The maximum absolute atomic E-state index is 12.6. The van der Waals surface area contributed by atoms with Crippen molar-refractivity contribution in [1.82, 2.24) is 4.90 Å². The predicted molar refractivity (Wildman–Crippen MR) is 101 cm³/mol. The number of carbonyl (C=O) groups excluding carboxylic acids is 1. The lowest BCUT2D eigenvalue weighted by Crippen LogP contribution is -2.22. The largest absolute Gasteiger partial charge is 0.507 e. The number of hydrogen-bond donors (Lipinski definition) is 2. The maximum atomic E-state index is 12.6. The van der Waals surface area contributed by atoms with E-state index in [0.717, 1.165) is 5.56 Å². The third kappa shape index (κ3) is 4.80.